The lowest BCUT2D eigenvalue weighted by atomic mass is 10.2. The fourth-order valence-corrected chi connectivity index (χ4v) is 3.01. The lowest BCUT2D eigenvalue weighted by Gasteiger charge is -2.36. The van der Waals surface area contributed by atoms with Gasteiger partial charge in [0.05, 0.1) is 5.69 Å². The highest BCUT2D eigenvalue weighted by molar-refractivity contribution is 5.92. The van der Waals surface area contributed by atoms with Gasteiger partial charge in [0.15, 0.2) is 0 Å². The van der Waals surface area contributed by atoms with E-state index in [2.05, 4.69) is 20.1 Å². The summed E-state index contributed by atoms with van der Waals surface area (Å²) in [5, 5.41) is 2.89. The number of nitrogens with zero attached hydrogens (tertiary/aromatic N) is 3. The first-order valence-electron chi connectivity index (χ1n) is 8.65. The van der Waals surface area contributed by atoms with E-state index < -0.39 is 0 Å². The van der Waals surface area contributed by atoms with Crippen LogP contribution < -0.4 is 10.2 Å². The van der Waals surface area contributed by atoms with E-state index >= 15 is 0 Å². The summed E-state index contributed by atoms with van der Waals surface area (Å²) in [4.78, 5) is 20.4. The van der Waals surface area contributed by atoms with Crippen LogP contribution >= 0.6 is 0 Å². The molecule has 0 radical (unpaired) electrons. The Morgan fingerprint density at radius 2 is 1.84 bits per heavy atom. The van der Waals surface area contributed by atoms with Gasteiger partial charge in [0.1, 0.15) is 11.5 Å². The van der Waals surface area contributed by atoms with Gasteiger partial charge >= 0.3 is 0 Å². The molecule has 1 N–H and O–H groups in total. The van der Waals surface area contributed by atoms with Gasteiger partial charge in [-0.3, -0.25) is 14.7 Å². The summed E-state index contributed by atoms with van der Waals surface area (Å²) in [6, 6.07) is 12.2. The van der Waals surface area contributed by atoms with Crippen molar-refractivity contribution in [2.24, 2.45) is 0 Å². The molecule has 1 amide bonds. The normalized spacial score (nSPS) is 15.2. The van der Waals surface area contributed by atoms with Gasteiger partial charge in [0, 0.05) is 38.9 Å². The van der Waals surface area contributed by atoms with Crippen LogP contribution in [0.15, 0.2) is 48.7 Å². The fraction of sp³-hybridized carbons (Fsp3) is 0.368. The number of carbonyl (C=O) groups excluding carboxylic acids is 1. The number of hydrogen-bond acceptors (Lipinski definition) is 4. The van der Waals surface area contributed by atoms with Gasteiger partial charge in [-0.2, -0.15) is 0 Å². The van der Waals surface area contributed by atoms with Crippen molar-refractivity contribution in [1.82, 2.24) is 15.2 Å². The Balaban J connectivity index is 1.36. The molecule has 25 heavy (non-hydrogen) atoms. The molecule has 132 valence electrons. The molecule has 0 saturated carbocycles. The van der Waals surface area contributed by atoms with E-state index in [4.69, 9.17) is 0 Å². The molecular weight excluding hydrogens is 319 g/mol. The maximum atomic E-state index is 13.8. The molecule has 1 aliphatic heterocycles. The fourth-order valence-electron chi connectivity index (χ4n) is 3.01. The Kier molecular flexibility index (Phi) is 5.95. The molecule has 1 aliphatic rings. The van der Waals surface area contributed by atoms with E-state index in [0.29, 0.717) is 17.9 Å². The van der Waals surface area contributed by atoms with E-state index in [1.807, 2.05) is 12.1 Å². The third kappa shape index (κ3) is 4.76. The molecule has 1 fully saturated rings. The van der Waals surface area contributed by atoms with Crippen LogP contribution in [0.25, 0.3) is 0 Å². The zero-order valence-electron chi connectivity index (χ0n) is 14.2. The molecule has 3 rings (SSSR count). The van der Waals surface area contributed by atoms with Gasteiger partial charge in [0.2, 0.25) is 0 Å². The van der Waals surface area contributed by atoms with Crippen LogP contribution in [0.1, 0.15) is 16.9 Å². The maximum absolute atomic E-state index is 13.8. The van der Waals surface area contributed by atoms with Crippen LogP contribution in [0.3, 0.4) is 0 Å². The van der Waals surface area contributed by atoms with Crippen molar-refractivity contribution < 1.29 is 9.18 Å². The monoisotopic (exact) mass is 342 g/mol. The summed E-state index contributed by atoms with van der Waals surface area (Å²) in [5.41, 5.74) is 1.13. The summed E-state index contributed by atoms with van der Waals surface area (Å²) in [7, 11) is 0. The first kappa shape index (κ1) is 17.4. The number of para-hydroxylation sites is 1. The molecule has 2 heterocycles. The smallest absolute Gasteiger partial charge is 0.269 e. The number of benzene rings is 1. The number of aromatic nitrogens is 1. The average Bonchev–Trinajstić information content (AvgIpc) is 2.67. The van der Waals surface area contributed by atoms with Gasteiger partial charge in [0.25, 0.3) is 5.91 Å². The summed E-state index contributed by atoms with van der Waals surface area (Å²) in [6.45, 7) is 5.00. The largest absolute Gasteiger partial charge is 0.367 e. The molecule has 2 aromatic rings. The lowest BCUT2D eigenvalue weighted by Crippen LogP contribution is -2.47. The standard InChI is InChI=1S/C19H23FN4O/c20-16-6-1-2-8-18(16)24-14-12-23(13-15-24)11-5-10-22-19(25)17-7-3-4-9-21-17/h1-4,6-9H,5,10-15H2,(H,22,25). The third-order valence-corrected chi connectivity index (χ3v) is 4.40. The Labute approximate surface area is 147 Å². The Morgan fingerprint density at radius 3 is 2.56 bits per heavy atom. The number of hydrogen-bond donors (Lipinski definition) is 1. The second-order valence-electron chi connectivity index (χ2n) is 6.10. The minimum Gasteiger partial charge on any atom is -0.367 e. The molecule has 1 saturated heterocycles. The van der Waals surface area contributed by atoms with Gasteiger partial charge in [-0.05, 0) is 37.2 Å². The van der Waals surface area contributed by atoms with Crippen molar-refractivity contribution in [1.29, 1.82) is 0 Å². The van der Waals surface area contributed by atoms with Crippen molar-refractivity contribution in [3.05, 3.63) is 60.2 Å². The molecule has 1 aromatic heterocycles. The predicted octanol–water partition coefficient (Wildman–Crippen LogP) is 2.16. The number of rotatable bonds is 6. The highest BCUT2D eigenvalue weighted by atomic mass is 19.1. The van der Waals surface area contributed by atoms with Crippen molar-refractivity contribution >= 4 is 11.6 Å². The molecule has 6 heteroatoms. The number of carbonyl (C=O) groups is 1. The minimum absolute atomic E-state index is 0.134. The molecule has 0 unspecified atom stereocenters. The Hall–Kier alpha value is -2.47. The van der Waals surface area contributed by atoms with Gasteiger partial charge < -0.3 is 10.2 Å². The number of amides is 1. The summed E-state index contributed by atoms with van der Waals surface area (Å²) < 4.78 is 13.8. The number of pyridine rings is 1. The van der Waals surface area contributed by atoms with Gasteiger partial charge in [-0.1, -0.05) is 18.2 Å². The number of piperazine rings is 1. The second-order valence-corrected chi connectivity index (χ2v) is 6.10. The maximum Gasteiger partial charge on any atom is 0.269 e. The van der Waals surface area contributed by atoms with Crippen molar-refractivity contribution in [3.63, 3.8) is 0 Å². The van der Waals surface area contributed by atoms with Crippen LogP contribution in [0.2, 0.25) is 0 Å². The van der Waals surface area contributed by atoms with E-state index in [0.717, 1.165) is 39.1 Å². The molecule has 0 spiro atoms. The Bertz CT molecular complexity index is 687. The van der Waals surface area contributed by atoms with E-state index in [-0.39, 0.29) is 11.7 Å². The molecular formula is C19H23FN4O. The zero-order chi connectivity index (χ0) is 17.5. The van der Waals surface area contributed by atoms with Crippen LogP contribution in [-0.2, 0) is 0 Å². The number of anilines is 1. The van der Waals surface area contributed by atoms with Crippen molar-refractivity contribution in [2.45, 2.75) is 6.42 Å². The number of halogens is 1. The van der Waals surface area contributed by atoms with Crippen LogP contribution in [-0.4, -0.2) is 55.1 Å². The summed E-state index contributed by atoms with van der Waals surface area (Å²) >= 11 is 0. The summed E-state index contributed by atoms with van der Waals surface area (Å²) in [6.07, 6.45) is 2.50. The van der Waals surface area contributed by atoms with E-state index in [1.54, 1.807) is 30.5 Å². The van der Waals surface area contributed by atoms with Gasteiger partial charge in [-0.25, -0.2) is 4.39 Å². The molecule has 0 atom stereocenters. The quantitative estimate of drug-likeness (QED) is 0.818. The van der Waals surface area contributed by atoms with Crippen molar-refractivity contribution in [3.8, 4) is 0 Å². The molecule has 5 nitrogen and oxygen atoms in total. The second kappa shape index (κ2) is 8.58. The lowest BCUT2D eigenvalue weighted by molar-refractivity contribution is 0.0946. The van der Waals surface area contributed by atoms with Crippen LogP contribution in [0, 0.1) is 5.82 Å². The molecule has 0 aliphatic carbocycles. The van der Waals surface area contributed by atoms with Gasteiger partial charge in [-0.15, -0.1) is 0 Å². The zero-order valence-corrected chi connectivity index (χ0v) is 14.2. The van der Waals surface area contributed by atoms with E-state index in [1.165, 1.54) is 6.07 Å². The highest BCUT2D eigenvalue weighted by Gasteiger charge is 2.18. The van der Waals surface area contributed by atoms with Crippen LogP contribution in [0.4, 0.5) is 10.1 Å². The number of nitrogens with one attached hydrogen (secondary N) is 1. The summed E-state index contributed by atoms with van der Waals surface area (Å²) in [5.74, 6) is -0.293. The van der Waals surface area contributed by atoms with Crippen molar-refractivity contribution in [2.75, 3.05) is 44.2 Å². The third-order valence-electron chi connectivity index (χ3n) is 4.40. The molecule has 0 bridgehead atoms. The molecule has 1 aromatic carbocycles. The SMILES string of the molecule is O=C(NCCCN1CCN(c2ccccc2F)CC1)c1ccccn1. The highest BCUT2D eigenvalue weighted by Crippen LogP contribution is 2.20. The topological polar surface area (TPSA) is 48.5 Å². The average molecular weight is 342 g/mol. The predicted molar refractivity (Wildman–Crippen MR) is 96.2 cm³/mol. The van der Waals surface area contributed by atoms with Crippen LogP contribution in [0.5, 0.6) is 0 Å². The first-order chi connectivity index (χ1) is 12.2. The minimum atomic E-state index is -0.159. The Morgan fingerprint density at radius 1 is 1.08 bits per heavy atom. The first-order valence-corrected chi connectivity index (χ1v) is 8.65. The van der Waals surface area contributed by atoms with E-state index in [9.17, 15) is 9.18 Å².